The number of halogens is 3. The first-order chi connectivity index (χ1) is 14.0. The molecule has 162 valence electrons. The fraction of sp³-hybridized carbons (Fsp3) is 0.364. The van der Waals surface area contributed by atoms with Crippen LogP contribution in [0.4, 0.5) is 18.9 Å². The monoisotopic (exact) mass is 421 g/mol. The van der Waals surface area contributed by atoms with E-state index in [-0.39, 0.29) is 24.6 Å². The van der Waals surface area contributed by atoms with Crippen molar-refractivity contribution < 1.29 is 22.8 Å². The molecule has 0 aliphatic carbocycles. The van der Waals surface area contributed by atoms with Gasteiger partial charge in [-0.25, -0.2) is 13.2 Å². The Labute approximate surface area is 174 Å². The van der Waals surface area contributed by atoms with Gasteiger partial charge in [-0.3, -0.25) is 9.59 Å². The molecule has 0 aromatic heterocycles. The molecule has 2 amide bonds. The van der Waals surface area contributed by atoms with Crippen LogP contribution in [0.1, 0.15) is 39.3 Å². The summed E-state index contributed by atoms with van der Waals surface area (Å²) >= 11 is 0. The first-order valence-electron chi connectivity index (χ1n) is 9.51. The lowest BCUT2D eigenvalue weighted by Gasteiger charge is -2.35. The molecule has 2 N–H and O–H groups in total. The fourth-order valence-corrected chi connectivity index (χ4v) is 2.88. The van der Waals surface area contributed by atoms with Gasteiger partial charge in [0.2, 0.25) is 11.8 Å². The van der Waals surface area contributed by atoms with Crippen LogP contribution in [0.15, 0.2) is 42.5 Å². The number of anilines is 1. The molecule has 5 nitrogen and oxygen atoms in total. The Kier molecular flexibility index (Phi) is 7.61. The van der Waals surface area contributed by atoms with Crippen LogP contribution in [-0.4, -0.2) is 35.3 Å². The number of benzene rings is 2. The van der Waals surface area contributed by atoms with Crippen molar-refractivity contribution >= 4 is 17.5 Å². The molecule has 0 spiro atoms. The van der Waals surface area contributed by atoms with E-state index in [1.165, 1.54) is 35.2 Å². The Balaban J connectivity index is 2.00. The summed E-state index contributed by atoms with van der Waals surface area (Å²) in [6, 6.07) is 8.03. The van der Waals surface area contributed by atoms with Gasteiger partial charge in [-0.15, -0.1) is 0 Å². The summed E-state index contributed by atoms with van der Waals surface area (Å²) in [4.78, 5) is 26.6. The first-order valence-corrected chi connectivity index (χ1v) is 9.51. The molecule has 8 heteroatoms. The van der Waals surface area contributed by atoms with Crippen molar-refractivity contribution in [2.75, 3.05) is 18.4 Å². The van der Waals surface area contributed by atoms with E-state index in [0.717, 1.165) is 12.1 Å². The second-order valence-corrected chi connectivity index (χ2v) is 7.97. The van der Waals surface area contributed by atoms with Gasteiger partial charge in [0.1, 0.15) is 24.0 Å². The molecule has 0 radical (unpaired) electrons. The quantitative estimate of drug-likeness (QED) is 0.710. The third kappa shape index (κ3) is 6.59. The number of hydrogen-bond donors (Lipinski definition) is 2. The largest absolute Gasteiger partial charge is 0.327 e. The maximum atomic E-state index is 13.9. The minimum atomic E-state index is -0.700. The van der Waals surface area contributed by atoms with Gasteiger partial charge < -0.3 is 15.5 Å². The number of carbonyl (C=O) groups is 2. The molecule has 0 aliphatic heterocycles. The predicted molar refractivity (Wildman–Crippen MR) is 109 cm³/mol. The lowest BCUT2D eigenvalue weighted by molar-refractivity contribution is -0.138. The van der Waals surface area contributed by atoms with Crippen LogP contribution in [0.3, 0.4) is 0 Å². The number of hydrogen-bond acceptors (Lipinski definition) is 3. The minimum Gasteiger partial charge on any atom is -0.327 e. The normalized spacial score (nSPS) is 12.4. The molecular weight excluding hydrogens is 395 g/mol. The van der Waals surface area contributed by atoms with E-state index in [0.29, 0.717) is 5.69 Å². The Bertz CT molecular complexity index is 895. The van der Waals surface area contributed by atoms with Crippen LogP contribution in [0.5, 0.6) is 0 Å². The molecule has 0 fully saturated rings. The van der Waals surface area contributed by atoms with E-state index in [1.807, 2.05) is 0 Å². The van der Waals surface area contributed by atoms with Crippen LogP contribution in [0.2, 0.25) is 0 Å². The summed E-state index contributed by atoms with van der Waals surface area (Å²) in [5, 5.41) is 5.54. The summed E-state index contributed by atoms with van der Waals surface area (Å²) in [6.07, 6.45) is 0. The smallest absolute Gasteiger partial charge is 0.244 e. The highest BCUT2D eigenvalue weighted by molar-refractivity contribution is 5.95. The molecular formula is C22H26F3N3O2. The van der Waals surface area contributed by atoms with E-state index < -0.39 is 34.9 Å². The number of amides is 2. The van der Waals surface area contributed by atoms with Crippen LogP contribution >= 0.6 is 0 Å². The summed E-state index contributed by atoms with van der Waals surface area (Å²) in [6.45, 7) is 6.68. The van der Waals surface area contributed by atoms with Crippen LogP contribution in [0.25, 0.3) is 0 Å². The highest BCUT2D eigenvalue weighted by atomic mass is 19.1. The molecule has 0 aliphatic rings. The minimum absolute atomic E-state index is 0.140. The Morgan fingerprint density at radius 2 is 1.60 bits per heavy atom. The number of rotatable bonds is 7. The standard InChI is InChI=1S/C22H26F3N3O2/c1-14(18-10-7-16(24)11-19(18)25)26-12-21(30)28(22(2,3)4)13-20(29)27-17-8-5-15(23)6-9-17/h5-11,14,26H,12-13H2,1-4H3,(H,27,29)/t14-/m1/s1. The lowest BCUT2D eigenvalue weighted by Crippen LogP contribution is -2.52. The van der Waals surface area contributed by atoms with E-state index in [1.54, 1.807) is 27.7 Å². The van der Waals surface area contributed by atoms with Gasteiger partial charge in [0, 0.05) is 28.9 Å². The summed E-state index contributed by atoms with van der Waals surface area (Å²) in [7, 11) is 0. The zero-order chi connectivity index (χ0) is 22.5. The van der Waals surface area contributed by atoms with Gasteiger partial charge in [0.05, 0.1) is 6.54 Å². The van der Waals surface area contributed by atoms with Crippen LogP contribution < -0.4 is 10.6 Å². The average molecular weight is 421 g/mol. The molecule has 0 saturated carbocycles. The SMILES string of the molecule is C[C@@H](NCC(=O)N(CC(=O)Nc1ccc(F)cc1)C(C)(C)C)c1ccc(F)cc1F. The average Bonchev–Trinajstić information content (AvgIpc) is 2.65. The second-order valence-electron chi connectivity index (χ2n) is 7.97. The van der Waals surface area contributed by atoms with E-state index in [2.05, 4.69) is 10.6 Å². The Hall–Kier alpha value is -2.87. The second kappa shape index (κ2) is 9.75. The van der Waals surface area contributed by atoms with Crippen molar-refractivity contribution in [3.8, 4) is 0 Å². The molecule has 0 unspecified atom stereocenters. The zero-order valence-corrected chi connectivity index (χ0v) is 17.4. The van der Waals surface area contributed by atoms with Gasteiger partial charge in [0.15, 0.2) is 0 Å². The Morgan fingerprint density at radius 1 is 1.00 bits per heavy atom. The zero-order valence-electron chi connectivity index (χ0n) is 17.4. The molecule has 0 bridgehead atoms. The summed E-state index contributed by atoms with van der Waals surface area (Å²) in [5.41, 5.74) is 0.00491. The van der Waals surface area contributed by atoms with E-state index >= 15 is 0 Å². The fourth-order valence-electron chi connectivity index (χ4n) is 2.88. The Morgan fingerprint density at radius 3 is 2.17 bits per heavy atom. The highest BCUT2D eigenvalue weighted by Crippen LogP contribution is 2.19. The first kappa shape index (κ1) is 23.4. The molecule has 2 aromatic rings. The summed E-state index contributed by atoms with van der Waals surface area (Å²) < 4.78 is 40.0. The van der Waals surface area contributed by atoms with Crippen molar-refractivity contribution in [1.29, 1.82) is 0 Å². The molecule has 2 aromatic carbocycles. The molecule has 2 rings (SSSR count). The van der Waals surface area contributed by atoms with Crippen molar-refractivity contribution in [2.24, 2.45) is 0 Å². The van der Waals surface area contributed by atoms with Crippen molar-refractivity contribution in [3.63, 3.8) is 0 Å². The van der Waals surface area contributed by atoms with Crippen molar-refractivity contribution in [3.05, 3.63) is 65.5 Å². The van der Waals surface area contributed by atoms with Gasteiger partial charge >= 0.3 is 0 Å². The van der Waals surface area contributed by atoms with Crippen LogP contribution in [0, 0.1) is 17.5 Å². The third-order valence-electron chi connectivity index (χ3n) is 4.53. The van der Waals surface area contributed by atoms with E-state index in [9.17, 15) is 22.8 Å². The number of nitrogens with zero attached hydrogens (tertiary/aromatic N) is 1. The van der Waals surface area contributed by atoms with Gasteiger partial charge in [-0.05, 0) is 58.0 Å². The molecule has 30 heavy (non-hydrogen) atoms. The van der Waals surface area contributed by atoms with Crippen molar-refractivity contribution in [2.45, 2.75) is 39.3 Å². The molecule has 0 saturated heterocycles. The van der Waals surface area contributed by atoms with Crippen molar-refractivity contribution in [1.82, 2.24) is 10.2 Å². The molecule has 1 atom stereocenters. The highest BCUT2D eigenvalue weighted by Gasteiger charge is 2.28. The lowest BCUT2D eigenvalue weighted by atomic mass is 10.1. The van der Waals surface area contributed by atoms with Gasteiger partial charge in [-0.2, -0.15) is 0 Å². The summed E-state index contributed by atoms with van der Waals surface area (Å²) in [5.74, 6) is -2.58. The number of carbonyl (C=O) groups excluding carboxylic acids is 2. The van der Waals surface area contributed by atoms with Gasteiger partial charge in [-0.1, -0.05) is 6.07 Å². The maximum Gasteiger partial charge on any atom is 0.244 e. The van der Waals surface area contributed by atoms with Gasteiger partial charge in [0.25, 0.3) is 0 Å². The number of nitrogens with one attached hydrogen (secondary N) is 2. The topological polar surface area (TPSA) is 61.4 Å². The molecule has 0 heterocycles. The maximum absolute atomic E-state index is 13.9. The third-order valence-corrected chi connectivity index (χ3v) is 4.53. The predicted octanol–water partition coefficient (Wildman–Crippen LogP) is 4.02. The van der Waals surface area contributed by atoms with Crippen LogP contribution in [-0.2, 0) is 9.59 Å². The van der Waals surface area contributed by atoms with E-state index in [4.69, 9.17) is 0 Å².